The number of aryl methyl sites for hydroxylation is 1. The van der Waals surface area contributed by atoms with Gasteiger partial charge in [0.15, 0.2) is 5.65 Å². The molecular weight excluding hydrogens is 384 g/mol. The lowest BCUT2D eigenvalue weighted by Crippen LogP contribution is -2.33. The van der Waals surface area contributed by atoms with Crippen molar-refractivity contribution in [1.29, 1.82) is 0 Å². The molecule has 6 heteroatoms. The Morgan fingerprint density at radius 3 is 2.71 bits per heavy atom. The first kappa shape index (κ1) is 19.7. The van der Waals surface area contributed by atoms with Crippen LogP contribution in [0.5, 0.6) is 0 Å². The second-order valence-electron chi connectivity index (χ2n) is 8.23. The first-order valence-electron chi connectivity index (χ1n) is 11.1. The molecule has 6 nitrogen and oxygen atoms in total. The Labute approximate surface area is 183 Å². The molecule has 0 saturated carbocycles. The molecule has 5 rings (SSSR count). The molecule has 1 fully saturated rings. The van der Waals surface area contributed by atoms with Crippen LogP contribution in [0.1, 0.15) is 24.8 Å². The molecule has 1 aliphatic heterocycles. The zero-order chi connectivity index (χ0) is 21.0. The summed E-state index contributed by atoms with van der Waals surface area (Å²) in [6.07, 6.45) is 7.66. The summed E-state index contributed by atoms with van der Waals surface area (Å²) in [7, 11) is 0. The number of nitrogens with zero attached hydrogens (tertiary/aromatic N) is 5. The molecule has 1 N–H and O–H groups in total. The molecule has 1 aromatic carbocycles. The maximum Gasteiger partial charge on any atom is 0.154 e. The molecule has 4 aromatic rings. The van der Waals surface area contributed by atoms with Crippen molar-refractivity contribution < 1.29 is 0 Å². The second kappa shape index (κ2) is 8.86. The van der Waals surface area contributed by atoms with E-state index in [1.165, 1.54) is 37.9 Å². The molecule has 31 heavy (non-hydrogen) atoms. The first-order valence-corrected chi connectivity index (χ1v) is 11.1. The van der Waals surface area contributed by atoms with Gasteiger partial charge in [-0.25, -0.2) is 14.5 Å². The number of imidazole rings is 1. The average Bonchev–Trinajstić information content (AvgIpc) is 3.20. The largest absolute Gasteiger partial charge is 0.369 e. The average molecular weight is 413 g/mol. The Kier molecular flexibility index (Phi) is 5.63. The number of nitrogens with one attached hydrogen (secondary N) is 1. The monoisotopic (exact) mass is 412 g/mol. The minimum Gasteiger partial charge on any atom is -0.369 e. The Balaban J connectivity index is 1.46. The summed E-state index contributed by atoms with van der Waals surface area (Å²) in [5.74, 6) is 0.885. The SMILES string of the molecule is Cc1cccc(-c2nc3cccnn3c2-c2ccnc(NCCN3CCCCC3)c2)c1. The highest BCUT2D eigenvalue weighted by molar-refractivity contribution is 5.82. The van der Waals surface area contributed by atoms with E-state index in [4.69, 9.17) is 4.98 Å². The number of aromatic nitrogens is 4. The number of benzene rings is 1. The predicted molar refractivity (Wildman–Crippen MR) is 125 cm³/mol. The van der Waals surface area contributed by atoms with E-state index in [2.05, 4.69) is 57.6 Å². The van der Waals surface area contributed by atoms with E-state index in [1.54, 1.807) is 6.20 Å². The number of likely N-dealkylation sites (tertiary alicyclic amines) is 1. The maximum atomic E-state index is 4.91. The molecule has 0 bridgehead atoms. The van der Waals surface area contributed by atoms with Crippen LogP contribution in [0.3, 0.4) is 0 Å². The molecule has 0 spiro atoms. The lowest BCUT2D eigenvalue weighted by molar-refractivity contribution is 0.237. The fraction of sp³-hybridized carbons (Fsp3) is 0.320. The lowest BCUT2D eigenvalue weighted by atomic mass is 10.0. The Morgan fingerprint density at radius 2 is 1.84 bits per heavy atom. The van der Waals surface area contributed by atoms with E-state index in [0.717, 1.165) is 47.1 Å². The minimum atomic E-state index is 0.838. The van der Waals surface area contributed by atoms with Gasteiger partial charge in [-0.05, 0) is 63.2 Å². The second-order valence-corrected chi connectivity index (χ2v) is 8.23. The highest BCUT2D eigenvalue weighted by Crippen LogP contribution is 2.33. The molecule has 3 aromatic heterocycles. The molecular formula is C25H28N6. The third-order valence-electron chi connectivity index (χ3n) is 5.90. The minimum absolute atomic E-state index is 0.838. The lowest BCUT2D eigenvalue weighted by Gasteiger charge is -2.26. The van der Waals surface area contributed by atoms with Crippen molar-refractivity contribution in [3.8, 4) is 22.5 Å². The van der Waals surface area contributed by atoms with Gasteiger partial charge in [0.1, 0.15) is 11.5 Å². The van der Waals surface area contributed by atoms with Crippen molar-refractivity contribution in [2.24, 2.45) is 0 Å². The third kappa shape index (κ3) is 4.30. The van der Waals surface area contributed by atoms with Crippen molar-refractivity contribution in [1.82, 2.24) is 24.5 Å². The van der Waals surface area contributed by atoms with Gasteiger partial charge in [-0.2, -0.15) is 5.10 Å². The van der Waals surface area contributed by atoms with E-state index in [0.29, 0.717) is 0 Å². The van der Waals surface area contributed by atoms with E-state index in [-0.39, 0.29) is 0 Å². The van der Waals surface area contributed by atoms with Gasteiger partial charge in [0.05, 0.1) is 5.69 Å². The molecule has 1 aliphatic rings. The molecule has 1 saturated heterocycles. The molecule has 4 heterocycles. The number of rotatable bonds is 6. The third-order valence-corrected chi connectivity index (χ3v) is 5.90. The van der Waals surface area contributed by atoms with Crippen molar-refractivity contribution in [3.63, 3.8) is 0 Å². The van der Waals surface area contributed by atoms with Crippen LogP contribution in [0.25, 0.3) is 28.2 Å². The quantitative estimate of drug-likeness (QED) is 0.499. The number of pyridine rings is 1. The number of hydrogen-bond acceptors (Lipinski definition) is 5. The topological polar surface area (TPSA) is 58.4 Å². The van der Waals surface area contributed by atoms with Crippen molar-refractivity contribution in [2.45, 2.75) is 26.2 Å². The molecule has 158 valence electrons. The zero-order valence-corrected chi connectivity index (χ0v) is 18.0. The van der Waals surface area contributed by atoms with Gasteiger partial charge in [0, 0.05) is 36.6 Å². The summed E-state index contributed by atoms with van der Waals surface area (Å²) in [4.78, 5) is 12.0. The predicted octanol–water partition coefficient (Wildman–Crippen LogP) is 4.66. The summed E-state index contributed by atoms with van der Waals surface area (Å²) in [6.45, 7) is 6.48. The number of fused-ring (bicyclic) bond motifs is 1. The maximum absolute atomic E-state index is 4.91. The van der Waals surface area contributed by atoms with Gasteiger partial charge in [0.2, 0.25) is 0 Å². The molecule has 0 aliphatic carbocycles. The van der Waals surface area contributed by atoms with Crippen molar-refractivity contribution in [3.05, 3.63) is 66.5 Å². The summed E-state index contributed by atoms with van der Waals surface area (Å²) in [5.41, 5.74) is 6.12. The standard InChI is InChI=1S/C25H28N6/c1-19-7-5-8-20(17-19)24-25(31-23(29-24)9-6-11-28-31)21-10-12-26-22(18-21)27-13-16-30-14-3-2-4-15-30/h5-12,17-18H,2-4,13-16H2,1H3,(H,26,27). The van der Waals surface area contributed by atoms with Gasteiger partial charge < -0.3 is 10.2 Å². The van der Waals surface area contributed by atoms with Crippen LogP contribution in [0, 0.1) is 6.92 Å². The van der Waals surface area contributed by atoms with E-state index >= 15 is 0 Å². The summed E-state index contributed by atoms with van der Waals surface area (Å²) < 4.78 is 1.92. The van der Waals surface area contributed by atoms with Crippen LogP contribution in [-0.2, 0) is 0 Å². The highest BCUT2D eigenvalue weighted by atomic mass is 15.3. The van der Waals surface area contributed by atoms with Crippen molar-refractivity contribution in [2.75, 3.05) is 31.5 Å². The van der Waals surface area contributed by atoms with Crippen LogP contribution in [-0.4, -0.2) is 50.7 Å². The number of piperidine rings is 1. The smallest absolute Gasteiger partial charge is 0.154 e. The van der Waals surface area contributed by atoms with Crippen molar-refractivity contribution >= 4 is 11.5 Å². The zero-order valence-electron chi connectivity index (χ0n) is 18.0. The molecule has 0 atom stereocenters. The summed E-state index contributed by atoms with van der Waals surface area (Å²) in [5, 5.41) is 8.09. The van der Waals surface area contributed by atoms with Crippen LogP contribution in [0.15, 0.2) is 60.9 Å². The molecule has 0 unspecified atom stereocenters. The fourth-order valence-electron chi connectivity index (χ4n) is 4.34. The Bertz CT molecular complexity index is 1180. The van der Waals surface area contributed by atoms with Gasteiger partial charge in [-0.15, -0.1) is 0 Å². The fourth-order valence-corrected chi connectivity index (χ4v) is 4.34. The van der Waals surface area contributed by atoms with Gasteiger partial charge >= 0.3 is 0 Å². The Morgan fingerprint density at radius 1 is 0.935 bits per heavy atom. The van der Waals surface area contributed by atoms with Gasteiger partial charge in [-0.3, -0.25) is 0 Å². The van der Waals surface area contributed by atoms with E-state index in [1.807, 2.05) is 28.9 Å². The number of anilines is 1. The molecule has 0 amide bonds. The van der Waals surface area contributed by atoms with Crippen LogP contribution >= 0.6 is 0 Å². The first-order chi connectivity index (χ1) is 15.3. The van der Waals surface area contributed by atoms with E-state index < -0.39 is 0 Å². The molecule has 0 radical (unpaired) electrons. The van der Waals surface area contributed by atoms with Crippen LogP contribution in [0.2, 0.25) is 0 Å². The Hall–Kier alpha value is -3.25. The van der Waals surface area contributed by atoms with Crippen LogP contribution < -0.4 is 5.32 Å². The summed E-state index contributed by atoms with van der Waals surface area (Å²) >= 11 is 0. The van der Waals surface area contributed by atoms with E-state index in [9.17, 15) is 0 Å². The normalized spacial score (nSPS) is 14.7. The highest BCUT2D eigenvalue weighted by Gasteiger charge is 2.17. The number of hydrogen-bond donors (Lipinski definition) is 1. The van der Waals surface area contributed by atoms with Gasteiger partial charge in [0.25, 0.3) is 0 Å². The summed E-state index contributed by atoms with van der Waals surface area (Å²) in [6, 6.07) is 16.5. The van der Waals surface area contributed by atoms with Gasteiger partial charge in [-0.1, -0.05) is 30.2 Å². The van der Waals surface area contributed by atoms with Crippen LogP contribution in [0.4, 0.5) is 5.82 Å².